The summed E-state index contributed by atoms with van der Waals surface area (Å²) in [6.45, 7) is 1.54. The maximum absolute atomic E-state index is 12.9. The first kappa shape index (κ1) is 21.9. The fourth-order valence-electron chi connectivity index (χ4n) is 2.78. The van der Waals surface area contributed by atoms with E-state index in [4.69, 9.17) is 9.84 Å². The Morgan fingerprint density at radius 3 is 2.61 bits per heavy atom. The number of amidine groups is 1. The van der Waals surface area contributed by atoms with Crippen molar-refractivity contribution < 1.29 is 34.4 Å². The minimum Gasteiger partial charge on any atom is -0.508 e. The Labute approximate surface area is 181 Å². The number of benzene rings is 2. The molecule has 3 N–H and O–H groups in total. The van der Waals surface area contributed by atoms with E-state index in [1.54, 1.807) is 37.3 Å². The number of carboxylic acid groups (broad SMARTS) is 2. The van der Waals surface area contributed by atoms with Crippen molar-refractivity contribution in [2.45, 2.75) is 6.92 Å². The van der Waals surface area contributed by atoms with Crippen LogP contribution in [-0.4, -0.2) is 56.4 Å². The number of nitrogens with zero attached hydrogens (tertiary/aromatic N) is 2. The van der Waals surface area contributed by atoms with E-state index in [1.807, 2.05) is 0 Å². The number of aliphatic carboxylic acids is 1. The van der Waals surface area contributed by atoms with Gasteiger partial charge in [0.2, 0.25) is 0 Å². The second-order valence-corrected chi connectivity index (χ2v) is 7.29. The number of hydrogen-bond donors (Lipinski definition) is 3. The van der Waals surface area contributed by atoms with E-state index < -0.39 is 18.5 Å². The van der Waals surface area contributed by atoms with Gasteiger partial charge in [-0.3, -0.25) is 9.69 Å². The summed E-state index contributed by atoms with van der Waals surface area (Å²) in [4.78, 5) is 41.2. The van der Waals surface area contributed by atoms with Gasteiger partial charge in [0, 0.05) is 12.1 Å². The number of aliphatic imine (C=N–C) groups is 1. The zero-order chi connectivity index (χ0) is 22.5. The quantitative estimate of drug-likeness (QED) is 0.556. The lowest BCUT2D eigenvalue weighted by Crippen LogP contribution is -2.28. The Morgan fingerprint density at radius 2 is 1.94 bits per heavy atom. The van der Waals surface area contributed by atoms with Gasteiger partial charge in [-0.1, -0.05) is 18.2 Å². The number of amides is 1. The number of rotatable bonds is 7. The van der Waals surface area contributed by atoms with Crippen LogP contribution in [0.4, 0.5) is 5.69 Å². The predicted octanol–water partition coefficient (Wildman–Crippen LogP) is 3.18. The Balaban J connectivity index is 1.97. The average molecular weight is 442 g/mol. The average Bonchev–Trinajstić information content (AvgIpc) is 3.02. The first-order valence-corrected chi connectivity index (χ1v) is 9.91. The number of thioether (sulfide) groups is 1. The molecule has 160 valence electrons. The van der Waals surface area contributed by atoms with Crippen molar-refractivity contribution in [3.05, 3.63) is 58.5 Å². The number of hydrogen-bond acceptors (Lipinski definition) is 7. The molecule has 1 heterocycles. The SMILES string of the molecule is CCN1C(=O)/C(=C/c2ccccc2OCC(=O)O)SC1=Nc1ccc(O)cc1C(=O)O. The van der Waals surface area contributed by atoms with Gasteiger partial charge < -0.3 is 20.1 Å². The summed E-state index contributed by atoms with van der Waals surface area (Å²) in [5, 5.41) is 28.1. The second kappa shape index (κ2) is 9.35. The topological polar surface area (TPSA) is 137 Å². The molecule has 2 aromatic carbocycles. The standard InChI is InChI=1S/C21H18N2O7S/c1-2-23-19(27)17(9-12-5-3-4-6-16(12)30-11-18(25)26)31-21(23)22-15-8-7-13(24)10-14(15)20(28)29/h3-10,24H,2,11H2,1H3,(H,25,26)(H,28,29)/b17-9-,22-21?. The molecule has 1 fully saturated rings. The van der Waals surface area contributed by atoms with Crippen molar-refractivity contribution in [1.29, 1.82) is 0 Å². The molecule has 0 aromatic heterocycles. The molecule has 0 unspecified atom stereocenters. The lowest BCUT2D eigenvalue weighted by Gasteiger charge is -2.12. The predicted molar refractivity (Wildman–Crippen MR) is 115 cm³/mol. The molecule has 0 spiro atoms. The number of phenolic OH excluding ortho intramolecular Hbond substituents is 1. The fraction of sp³-hybridized carbons (Fsp3) is 0.143. The highest BCUT2D eigenvalue weighted by molar-refractivity contribution is 8.18. The third-order valence-corrected chi connectivity index (χ3v) is 5.19. The Morgan fingerprint density at radius 1 is 1.19 bits per heavy atom. The number of aromatic hydroxyl groups is 1. The highest BCUT2D eigenvalue weighted by Crippen LogP contribution is 2.36. The zero-order valence-corrected chi connectivity index (χ0v) is 17.1. The summed E-state index contributed by atoms with van der Waals surface area (Å²) in [5.41, 5.74) is 0.430. The largest absolute Gasteiger partial charge is 0.508 e. The molecule has 0 bridgehead atoms. The van der Waals surface area contributed by atoms with E-state index >= 15 is 0 Å². The van der Waals surface area contributed by atoms with Gasteiger partial charge >= 0.3 is 11.9 Å². The summed E-state index contributed by atoms with van der Waals surface area (Å²) in [6.07, 6.45) is 1.57. The number of phenols is 1. The molecule has 3 rings (SSSR count). The first-order chi connectivity index (χ1) is 14.8. The third kappa shape index (κ3) is 5.04. The van der Waals surface area contributed by atoms with E-state index in [0.29, 0.717) is 22.8 Å². The van der Waals surface area contributed by atoms with Crippen LogP contribution in [0.15, 0.2) is 52.4 Å². The van der Waals surface area contributed by atoms with Crippen molar-refractivity contribution >= 4 is 46.5 Å². The number of carbonyl (C=O) groups excluding carboxylic acids is 1. The minimum atomic E-state index is -1.26. The fourth-order valence-corrected chi connectivity index (χ4v) is 3.82. The Kier molecular flexibility index (Phi) is 6.61. The van der Waals surface area contributed by atoms with E-state index in [-0.39, 0.29) is 28.1 Å². The highest BCUT2D eigenvalue weighted by Gasteiger charge is 2.32. The molecule has 1 saturated heterocycles. The second-order valence-electron chi connectivity index (χ2n) is 6.28. The molecule has 9 nitrogen and oxygen atoms in total. The molecule has 0 aliphatic carbocycles. The molecule has 1 amide bonds. The van der Waals surface area contributed by atoms with Crippen LogP contribution in [0.1, 0.15) is 22.8 Å². The molecule has 1 aliphatic rings. The van der Waals surface area contributed by atoms with E-state index in [2.05, 4.69) is 4.99 Å². The summed E-state index contributed by atoms with van der Waals surface area (Å²) in [5.74, 6) is -2.60. The minimum absolute atomic E-state index is 0.102. The number of para-hydroxylation sites is 1. The first-order valence-electron chi connectivity index (χ1n) is 9.10. The van der Waals surface area contributed by atoms with Crippen LogP contribution >= 0.6 is 11.8 Å². The molecule has 10 heteroatoms. The zero-order valence-electron chi connectivity index (χ0n) is 16.3. The van der Waals surface area contributed by atoms with Crippen molar-refractivity contribution in [2.24, 2.45) is 4.99 Å². The number of ether oxygens (including phenoxy) is 1. The van der Waals surface area contributed by atoms with Gasteiger partial charge in [-0.05, 0) is 49.0 Å². The van der Waals surface area contributed by atoms with Crippen molar-refractivity contribution in [3.63, 3.8) is 0 Å². The van der Waals surface area contributed by atoms with Gasteiger partial charge in [-0.15, -0.1) is 0 Å². The number of aromatic carboxylic acids is 1. The van der Waals surface area contributed by atoms with Gasteiger partial charge in [0.15, 0.2) is 11.8 Å². The monoisotopic (exact) mass is 442 g/mol. The molecule has 0 atom stereocenters. The maximum Gasteiger partial charge on any atom is 0.341 e. The lowest BCUT2D eigenvalue weighted by atomic mass is 10.1. The summed E-state index contributed by atoms with van der Waals surface area (Å²) >= 11 is 1.06. The third-order valence-electron chi connectivity index (χ3n) is 4.19. The van der Waals surface area contributed by atoms with Crippen LogP contribution < -0.4 is 4.74 Å². The molecule has 0 saturated carbocycles. The molecule has 0 radical (unpaired) electrons. The number of carboxylic acids is 2. The molecule has 31 heavy (non-hydrogen) atoms. The van der Waals surface area contributed by atoms with Gasteiger partial charge in [-0.25, -0.2) is 14.6 Å². The molecular formula is C21H18N2O7S. The number of likely N-dealkylation sites (N-methyl/N-ethyl adjacent to an activating group) is 1. The van der Waals surface area contributed by atoms with Crippen LogP contribution in [-0.2, 0) is 9.59 Å². The lowest BCUT2D eigenvalue weighted by molar-refractivity contribution is -0.139. The molecule has 1 aliphatic heterocycles. The van der Waals surface area contributed by atoms with Gasteiger partial charge in [0.05, 0.1) is 16.2 Å². The van der Waals surface area contributed by atoms with E-state index in [9.17, 15) is 24.6 Å². The van der Waals surface area contributed by atoms with E-state index in [0.717, 1.165) is 17.8 Å². The normalized spacial score (nSPS) is 16.2. The summed E-state index contributed by atoms with van der Waals surface area (Å²) < 4.78 is 5.28. The van der Waals surface area contributed by atoms with Crippen LogP contribution in [0.3, 0.4) is 0 Å². The van der Waals surface area contributed by atoms with Crippen molar-refractivity contribution in [3.8, 4) is 11.5 Å². The van der Waals surface area contributed by atoms with Gasteiger partial charge in [0.25, 0.3) is 5.91 Å². The van der Waals surface area contributed by atoms with Crippen LogP contribution in [0.5, 0.6) is 11.5 Å². The van der Waals surface area contributed by atoms with Gasteiger partial charge in [-0.2, -0.15) is 0 Å². The van der Waals surface area contributed by atoms with Crippen molar-refractivity contribution in [1.82, 2.24) is 4.90 Å². The Hall–Kier alpha value is -3.79. The summed E-state index contributed by atoms with van der Waals surface area (Å²) in [6, 6.07) is 10.5. The summed E-state index contributed by atoms with van der Waals surface area (Å²) in [7, 11) is 0. The molecule has 2 aromatic rings. The molecular weight excluding hydrogens is 424 g/mol. The van der Waals surface area contributed by atoms with Gasteiger partial charge in [0.1, 0.15) is 11.5 Å². The Bertz CT molecular complexity index is 1110. The highest BCUT2D eigenvalue weighted by atomic mass is 32.2. The van der Waals surface area contributed by atoms with Crippen LogP contribution in [0, 0.1) is 0 Å². The van der Waals surface area contributed by atoms with Crippen LogP contribution in [0.2, 0.25) is 0 Å². The van der Waals surface area contributed by atoms with E-state index in [1.165, 1.54) is 17.0 Å². The number of carbonyl (C=O) groups is 3. The smallest absolute Gasteiger partial charge is 0.341 e. The van der Waals surface area contributed by atoms with Crippen LogP contribution in [0.25, 0.3) is 6.08 Å². The van der Waals surface area contributed by atoms with Crippen molar-refractivity contribution in [2.75, 3.05) is 13.2 Å². The maximum atomic E-state index is 12.9.